The second-order valence-electron chi connectivity index (χ2n) is 3.68. The zero-order chi connectivity index (χ0) is 12.1. The Hall–Kier alpha value is -1.66. The van der Waals surface area contributed by atoms with Crippen LogP contribution >= 0.6 is 0 Å². The van der Waals surface area contributed by atoms with Gasteiger partial charge in [0, 0.05) is 6.07 Å². The van der Waals surface area contributed by atoms with Crippen LogP contribution in [0, 0.1) is 0 Å². The van der Waals surface area contributed by atoms with E-state index in [2.05, 4.69) is 15.4 Å². The standard InChI is InChI=1S/C11H16N4O2/c1-16-10-6-8(13-7-14-10)11(15-12)9-4-2-3-5-17-9/h4,6-7,11,15H,2-3,5,12H2,1H3. The van der Waals surface area contributed by atoms with Gasteiger partial charge in [0.1, 0.15) is 18.1 Å². The van der Waals surface area contributed by atoms with E-state index in [-0.39, 0.29) is 6.04 Å². The van der Waals surface area contributed by atoms with Crippen molar-refractivity contribution in [2.45, 2.75) is 18.9 Å². The SMILES string of the molecule is COc1cc(C(NN)C2=CCCCO2)ncn1. The second-order valence-corrected chi connectivity index (χ2v) is 3.68. The Kier molecular flexibility index (Phi) is 3.89. The van der Waals surface area contributed by atoms with Crippen molar-refractivity contribution in [3.8, 4) is 5.88 Å². The van der Waals surface area contributed by atoms with Crippen LogP contribution in [0.3, 0.4) is 0 Å². The molecular weight excluding hydrogens is 220 g/mol. The van der Waals surface area contributed by atoms with E-state index in [9.17, 15) is 0 Å². The van der Waals surface area contributed by atoms with E-state index < -0.39 is 0 Å². The van der Waals surface area contributed by atoms with Crippen LogP contribution in [0.2, 0.25) is 0 Å². The third-order valence-corrected chi connectivity index (χ3v) is 2.58. The molecule has 1 unspecified atom stereocenters. The van der Waals surface area contributed by atoms with Gasteiger partial charge in [0.25, 0.3) is 0 Å². The number of hydrogen-bond acceptors (Lipinski definition) is 6. The Balaban J connectivity index is 2.24. The Morgan fingerprint density at radius 2 is 2.41 bits per heavy atom. The number of nitrogens with two attached hydrogens (primary N) is 1. The van der Waals surface area contributed by atoms with E-state index in [1.807, 2.05) is 6.08 Å². The van der Waals surface area contributed by atoms with Crippen molar-refractivity contribution in [3.63, 3.8) is 0 Å². The van der Waals surface area contributed by atoms with Crippen LogP contribution in [0.15, 0.2) is 24.2 Å². The van der Waals surface area contributed by atoms with E-state index in [1.165, 1.54) is 6.33 Å². The minimum Gasteiger partial charge on any atom is -0.496 e. The molecule has 0 radical (unpaired) electrons. The zero-order valence-corrected chi connectivity index (χ0v) is 9.72. The molecule has 1 aromatic rings. The van der Waals surface area contributed by atoms with E-state index in [0.717, 1.165) is 24.3 Å². The van der Waals surface area contributed by atoms with Gasteiger partial charge in [-0.05, 0) is 18.9 Å². The maximum absolute atomic E-state index is 5.58. The Morgan fingerprint density at radius 3 is 3.06 bits per heavy atom. The second kappa shape index (κ2) is 5.60. The highest BCUT2D eigenvalue weighted by atomic mass is 16.5. The van der Waals surface area contributed by atoms with Crippen molar-refractivity contribution in [3.05, 3.63) is 29.9 Å². The smallest absolute Gasteiger partial charge is 0.216 e. The normalized spacial score (nSPS) is 16.9. The fourth-order valence-electron chi connectivity index (χ4n) is 1.71. The van der Waals surface area contributed by atoms with Crippen LogP contribution in [0.1, 0.15) is 24.6 Å². The van der Waals surface area contributed by atoms with E-state index in [4.69, 9.17) is 15.3 Å². The Labute approximate surface area is 99.8 Å². The van der Waals surface area contributed by atoms with Gasteiger partial charge in [0.15, 0.2) is 0 Å². The molecule has 1 aliphatic heterocycles. The molecule has 0 bridgehead atoms. The maximum Gasteiger partial charge on any atom is 0.216 e. The third kappa shape index (κ3) is 2.72. The van der Waals surface area contributed by atoms with Crippen LogP contribution in [-0.2, 0) is 4.74 Å². The molecule has 1 aromatic heterocycles. The molecule has 17 heavy (non-hydrogen) atoms. The summed E-state index contributed by atoms with van der Waals surface area (Å²) in [6.45, 7) is 0.715. The zero-order valence-electron chi connectivity index (χ0n) is 9.72. The maximum atomic E-state index is 5.58. The fraction of sp³-hybridized carbons (Fsp3) is 0.455. The molecule has 1 aliphatic rings. The molecule has 0 spiro atoms. The first-order valence-corrected chi connectivity index (χ1v) is 5.50. The number of nitrogens with one attached hydrogen (secondary N) is 1. The molecule has 2 rings (SSSR count). The van der Waals surface area contributed by atoms with Crippen molar-refractivity contribution in [2.24, 2.45) is 5.84 Å². The highest BCUT2D eigenvalue weighted by Crippen LogP contribution is 2.25. The third-order valence-electron chi connectivity index (χ3n) is 2.58. The summed E-state index contributed by atoms with van der Waals surface area (Å²) in [6, 6.07) is 1.48. The molecule has 6 heteroatoms. The van der Waals surface area contributed by atoms with Gasteiger partial charge < -0.3 is 9.47 Å². The summed E-state index contributed by atoms with van der Waals surface area (Å²) in [5, 5.41) is 0. The lowest BCUT2D eigenvalue weighted by atomic mass is 10.1. The summed E-state index contributed by atoms with van der Waals surface area (Å²) >= 11 is 0. The predicted octanol–water partition coefficient (Wildman–Crippen LogP) is 0.684. The van der Waals surface area contributed by atoms with Crippen LogP contribution < -0.4 is 16.0 Å². The molecule has 0 amide bonds. The van der Waals surface area contributed by atoms with Gasteiger partial charge in [-0.25, -0.2) is 15.4 Å². The van der Waals surface area contributed by atoms with Gasteiger partial charge in [-0.15, -0.1) is 0 Å². The number of hydrogen-bond donors (Lipinski definition) is 2. The first-order chi connectivity index (χ1) is 8.35. The van der Waals surface area contributed by atoms with Gasteiger partial charge >= 0.3 is 0 Å². The summed E-state index contributed by atoms with van der Waals surface area (Å²) < 4.78 is 10.6. The molecular formula is C11H16N4O2. The highest BCUT2D eigenvalue weighted by Gasteiger charge is 2.20. The first kappa shape index (κ1) is 11.8. The number of allylic oxidation sites excluding steroid dienone is 1. The van der Waals surface area contributed by atoms with Crippen LogP contribution in [-0.4, -0.2) is 23.7 Å². The summed E-state index contributed by atoms with van der Waals surface area (Å²) in [7, 11) is 1.56. The monoisotopic (exact) mass is 236 g/mol. The van der Waals surface area contributed by atoms with Crippen molar-refractivity contribution in [1.29, 1.82) is 0 Å². The molecule has 1 atom stereocenters. The van der Waals surface area contributed by atoms with Crippen molar-refractivity contribution in [2.75, 3.05) is 13.7 Å². The summed E-state index contributed by atoms with van der Waals surface area (Å²) in [4.78, 5) is 8.14. The number of methoxy groups -OCH3 is 1. The molecule has 92 valence electrons. The number of hydrazine groups is 1. The average Bonchev–Trinajstić information content (AvgIpc) is 2.41. The van der Waals surface area contributed by atoms with Gasteiger partial charge in [-0.3, -0.25) is 5.84 Å². The highest BCUT2D eigenvalue weighted by molar-refractivity contribution is 5.23. The summed E-state index contributed by atoms with van der Waals surface area (Å²) in [5.41, 5.74) is 3.43. The van der Waals surface area contributed by atoms with Gasteiger partial charge in [-0.2, -0.15) is 0 Å². The molecule has 0 saturated heterocycles. The van der Waals surface area contributed by atoms with Crippen molar-refractivity contribution in [1.82, 2.24) is 15.4 Å². The lowest BCUT2D eigenvalue weighted by Crippen LogP contribution is -2.31. The minimum atomic E-state index is -0.257. The molecule has 3 N–H and O–H groups in total. The fourth-order valence-corrected chi connectivity index (χ4v) is 1.71. The first-order valence-electron chi connectivity index (χ1n) is 5.50. The number of ether oxygens (including phenoxy) is 2. The number of nitrogens with zero attached hydrogens (tertiary/aromatic N) is 2. The van der Waals surface area contributed by atoms with Crippen molar-refractivity contribution >= 4 is 0 Å². The van der Waals surface area contributed by atoms with E-state index >= 15 is 0 Å². The van der Waals surface area contributed by atoms with Gasteiger partial charge in [0.2, 0.25) is 5.88 Å². The summed E-state index contributed by atoms with van der Waals surface area (Å²) in [5.74, 6) is 6.87. The Bertz CT molecular complexity index is 408. The van der Waals surface area contributed by atoms with Crippen LogP contribution in [0.4, 0.5) is 0 Å². The quantitative estimate of drug-likeness (QED) is 0.591. The lowest BCUT2D eigenvalue weighted by molar-refractivity contribution is 0.167. The predicted molar refractivity (Wildman–Crippen MR) is 61.9 cm³/mol. The van der Waals surface area contributed by atoms with Crippen molar-refractivity contribution < 1.29 is 9.47 Å². The largest absolute Gasteiger partial charge is 0.496 e. The lowest BCUT2D eigenvalue weighted by Gasteiger charge is -2.22. The van der Waals surface area contributed by atoms with E-state index in [0.29, 0.717) is 12.5 Å². The number of rotatable bonds is 4. The van der Waals surface area contributed by atoms with Gasteiger partial charge in [-0.1, -0.05) is 0 Å². The molecule has 0 saturated carbocycles. The molecule has 6 nitrogen and oxygen atoms in total. The summed E-state index contributed by atoms with van der Waals surface area (Å²) in [6.07, 6.45) is 5.51. The van der Waals surface area contributed by atoms with E-state index in [1.54, 1.807) is 13.2 Å². The molecule has 0 fully saturated rings. The van der Waals surface area contributed by atoms with Gasteiger partial charge in [0.05, 0.1) is 19.4 Å². The van der Waals surface area contributed by atoms with Crippen LogP contribution in [0.5, 0.6) is 5.88 Å². The topological polar surface area (TPSA) is 82.3 Å². The minimum absolute atomic E-state index is 0.257. The molecule has 0 aromatic carbocycles. The Morgan fingerprint density at radius 1 is 1.53 bits per heavy atom. The number of aromatic nitrogens is 2. The molecule has 0 aliphatic carbocycles. The average molecular weight is 236 g/mol. The molecule has 2 heterocycles. The van der Waals surface area contributed by atoms with Crippen LogP contribution in [0.25, 0.3) is 0 Å².